The van der Waals surface area contributed by atoms with Gasteiger partial charge < -0.3 is 10.6 Å². The van der Waals surface area contributed by atoms with Crippen molar-refractivity contribution in [2.75, 3.05) is 10.6 Å². The van der Waals surface area contributed by atoms with Crippen molar-refractivity contribution >= 4 is 46.6 Å². The van der Waals surface area contributed by atoms with Gasteiger partial charge in [-0.1, -0.05) is 24.6 Å². The molecule has 0 aliphatic heterocycles. The first-order chi connectivity index (χ1) is 13.1. The first-order valence-electron chi connectivity index (χ1n) is 8.32. The average molecular weight is 431 g/mol. The second kappa shape index (κ2) is 9.34. The maximum absolute atomic E-state index is 13.2. The smallest absolute Gasteiger partial charge is 0.326 e. The van der Waals surface area contributed by atoms with Gasteiger partial charge in [0.05, 0.1) is 16.5 Å². The maximum Gasteiger partial charge on any atom is 0.418 e. The minimum absolute atomic E-state index is 0.0680. The van der Waals surface area contributed by atoms with Crippen LogP contribution < -0.4 is 10.6 Å². The molecule has 0 heterocycles. The lowest BCUT2D eigenvalue weighted by molar-refractivity contribution is -0.137. The minimum atomic E-state index is -4.64. The Morgan fingerprint density at radius 3 is 2.46 bits per heavy atom. The first-order valence-corrected chi connectivity index (χ1v) is 9.58. The summed E-state index contributed by atoms with van der Waals surface area (Å²) in [5.74, 6) is -0.778. The van der Waals surface area contributed by atoms with Gasteiger partial charge in [-0.25, -0.2) is 0 Å². The zero-order valence-corrected chi connectivity index (χ0v) is 16.6. The van der Waals surface area contributed by atoms with Crippen LogP contribution in [0.4, 0.5) is 24.5 Å². The second-order valence-electron chi connectivity index (χ2n) is 5.90. The van der Waals surface area contributed by atoms with Crippen LogP contribution in [0.15, 0.2) is 47.4 Å². The van der Waals surface area contributed by atoms with Crippen molar-refractivity contribution in [2.45, 2.75) is 36.6 Å². The first kappa shape index (κ1) is 22.1. The van der Waals surface area contributed by atoms with E-state index >= 15 is 0 Å². The van der Waals surface area contributed by atoms with Gasteiger partial charge in [-0.05, 0) is 42.8 Å². The molecule has 2 amide bonds. The van der Waals surface area contributed by atoms with Gasteiger partial charge in [-0.2, -0.15) is 13.2 Å². The predicted molar refractivity (Wildman–Crippen MR) is 106 cm³/mol. The number of benzene rings is 2. The molecule has 2 N–H and O–H groups in total. The Bertz CT molecular complexity index is 874. The van der Waals surface area contributed by atoms with Crippen molar-refractivity contribution in [3.8, 4) is 0 Å². The summed E-state index contributed by atoms with van der Waals surface area (Å²) in [5.41, 5.74) is -0.765. The Labute approximate surface area is 169 Å². The van der Waals surface area contributed by atoms with Gasteiger partial charge in [0.15, 0.2) is 0 Å². The summed E-state index contributed by atoms with van der Waals surface area (Å²) in [6, 6.07) is 10.1. The molecule has 0 bridgehead atoms. The molecule has 9 heteroatoms. The van der Waals surface area contributed by atoms with Gasteiger partial charge in [0.2, 0.25) is 11.8 Å². The van der Waals surface area contributed by atoms with E-state index in [-0.39, 0.29) is 16.6 Å². The van der Waals surface area contributed by atoms with Crippen molar-refractivity contribution in [1.82, 2.24) is 0 Å². The Morgan fingerprint density at radius 2 is 1.86 bits per heavy atom. The van der Waals surface area contributed by atoms with Crippen LogP contribution >= 0.6 is 23.4 Å². The number of carbonyl (C=O) groups excluding carboxylic acids is 2. The van der Waals surface area contributed by atoms with E-state index in [0.29, 0.717) is 17.0 Å². The zero-order chi connectivity index (χ0) is 20.9. The quantitative estimate of drug-likeness (QED) is 0.567. The molecule has 4 nitrogen and oxygen atoms in total. The Kier molecular flexibility index (Phi) is 7.37. The average Bonchev–Trinajstić information content (AvgIpc) is 2.60. The molecule has 0 saturated heterocycles. The van der Waals surface area contributed by atoms with Gasteiger partial charge in [-0.15, -0.1) is 11.8 Å². The van der Waals surface area contributed by atoms with Crippen molar-refractivity contribution < 1.29 is 22.8 Å². The van der Waals surface area contributed by atoms with Gasteiger partial charge in [0, 0.05) is 22.5 Å². The third kappa shape index (κ3) is 6.17. The molecule has 150 valence electrons. The lowest BCUT2D eigenvalue weighted by Gasteiger charge is -2.18. The third-order valence-corrected chi connectivity index (χ3v) is 5.23. The van der Waals surface area contributed by atoms with Crippen molar-refractivity contribution in [3.63, 3.8) is 0 Å². The summed E-state index contributed by atoms with van der Waals surface area (Å²) in [6.45, 7) is 3.15. The maximum atomic E-state index is 13.2. The van der Waals surface area contributed by atoms with Gasteiger partial charge >= 0.3 is 6.18 Å². The standard InChI is InChI=1S/C19H18ClF3N2O2S/c1-3-17(28-14-6-4-5-13(10-14)24-11(2)26)18(27)25-16-8-7-12(20)9-15(16)19(21,22)23/h4-10,17H,3H2,1-2H3,(H,24,26)(H,25,27). The Hall–Kier alpha value is -2.19. The molecule has 1 unspecified atom stereocenters. The van der Waals surface area contributed by atoms with Crippen LogP contribution in [0.1, 0.15) is 25.8 Å². The fraction of sp³-hybridized carbons (Fsp3) is 0.263. The van der Waals surface area contributed by atoms with Crippen LogP contribution in [0.5, 0.6) is 0 Å². The fourth-order valence-corrected chi connectivity index (χ4v) is 3.60. The number of rotatable bonds is 6. The van der Waals surface area contributed by atoms with Crippen molar-refractivity contribution in [3.05, 3.63) is 53.1 Å². The lowest BCUT2D eigenvalue weighted by atomic mass is 10.1. The van der Waals surface area contributed by atoms with E-state index in [4.69, 9.17) is 11.6 Å². The topological polar surface area (TPSA) is 58.2 Å². The molecule has 2 aromatic rings. The summed E-state index contributed by atoms with van der Waals surface area (Å²) in [4.78, 5) is 24.4. The summed E-state index contributed by atoms with van der Waals surface area (Å²) in [6.07, 6.45) is -4.25. The molecule has 2 rings (SSSR count). The van der Waals surface area contributed by atoms with Crippen LogP contribution in [0.2, 0.25) is 5.02 Å². The molecule has 0 aliphatic rings. The van der Waals surface area contributed by atoms with Crippen LogP contribution in [0, 0.1) is 0 Å². The predicted octanol–water partition coefficient (Wildman–Crippen LogP) is 5.83. The summed E-state index contributed by atoms with van der Waals surface area (Å²) < 4.78 is 39.6. The summed E-state index contributed by atoms with van der Waals surface area (Å²) >= 11 is 6.86. The van der Waals surface area contributed by atoms with Crippen molar-refractivity contribution in [2.24, 2.45) is 0 Å². The largest absolute Gasteiger partial charge is 0.418 e. The van der Waals surface area contributed by atoms with E-state index in [0.717, 1.165) is 12.1 Å². The molecule has 0 radical (unpaired) electrons. The molecular formula is C19H18ClF3N2O2S. The number of carbonyl (C=O) groups is 2. The third-order valence-electron chi connectivity index (χ3n) is 3.64. The van der Waals surface area contributed by atoms with Crippen LogP contribution in [0.3, 0.4) is 0 Å². The molecule has 1 atom stereocenters. The van der Waals surface area contributed by atoms with Gasteiger partial charge in [0.1, 0.15) is 0 Å². The highest BCUT2D eigenvalue weighted by Crippen LogP contribution is 2.37. The number of alkyl halides is 3. The van der Waals surface area contributed by atoms with Crippen molar-refractivity contribution in [1.29, 1.82) is 0 Å². The molecule has 2 aromatic carbocycles. The van der Waals surface area contributed by atoms with Crippen LogP contribution in [-0.2, 0) is 15.8 Å². The Balaban J connectivity index is 2.18. The number of halogens is 4. The Morgan fingerprint density at radius 1 is 1.14 bits per heavy atom. The van der Waals surface area contributed by atoms with Crippen LogP contribution in [0.25, 0.3) is 0 Å². The van der Waals surface area contributed by atoms with E-state index in [1.165, 1.54) is 24.8 Å². The van der Waals surface area contributed by atoms with E-state index in [2.05, 4.69) is 10.6 Å². The van der Waals surface area contributed by atoms with E-state index in [9.17, 15) is 22.8 Å². The molecule has 0 aromatic heterocycles. The molecule has 28 heavy (non-hydrogen) atoms. The highest BCUT2D eigenvalue weighted by Gasteiger charge is 2.34. The van der Waals surface area contributed by atoms with Gasteiger partial charge in [-0.3, -0.25) is 9.59 Å². The number of amides is 2. The monoisotopic (exact) mass is 430 g/mol. The number of thioether (sulfide) groups is 1. The summed E-state index contributed by atoms with van der Waals surface area (Å²) in [7, 11) is 0. The van der Waals surface area contributed by atoms with Gasteiger partial charge in [0.25, 0.3) is 0 Å². The van der Waals surface area contributed by atoms with E-state index in [1.54, 1.807) is 31.2 Å². The molecule has 0 aliphatic carbocycles. The zero-order valence-electron chi connectivity index (χ0n) is 15.1. The summed E-state index contributed by atoms with van der Waals surface area (Å²) in [5, 5.41) is 4.31. The highest BCUT2D eigenvalue weighted by molar-refractivity contribution is 8.00. The number of hydrogen-bond acceptors (Lipinski definition) is 3. The van der Waals surface area contributed by atoms with Crippen LogP contribution in [-0.4, -0.2) is 17.1 Å². The normalized spacial score (nSPS) is 12.4. The SMILES string of the molecule is CCC(Sc1cccc(NC(C)=O)c1)C(=O)Nc1ccc(Cl)cc1C(F)(F)F. The minimum Gasteiger partial charge on any atom is -0.326 e. The molecule has 0 saturated carbocycles. The number of nitrogens with one attached hydrogen (secondary N) is 2. The number of anilines is 2. The van der Waals surface area contributed by atoms with E-state index < -0.39 is 22.9 Å². The van der Waals surface area contributed by atoms with E-state index in [1.807, 2.05) is 0 Å². The molecule has 0 fully saturated rings. The second-order valence-corrected chi connectivity index (χ2v) is 7.61. The fourth-order valence-electron chi connectivity index (χ4n) is 2.41. The number of hydrogen-bond donors (Lipinski definition) is 2. The molecular weight excluding hydrogens is 413 g/mol. The highest BCUT2D eigenvalue weighted by atomic mass is 35.5. The lowest BCUT2D eigenvalue weighted by Crippen LogP contribution is -2.26. The molecule has 0 spiro atoms.